The lowest BCUT2D eigenvalue weighted by molar-refractivity contribution is 0.102. The van der Waals surface area contributed by atoms with Crippen molar-refractivity contribution in [2.75, 3.05) is 11.9 Å². The molecule has 0 saturated carbocycles. The van der Waals surface area contributed by atoms with Crippen LogP contribution in [0.2, 0.25) is 0 Å². The van der Waals surface area contributed by atoms with Gasteiger partial charge in [0.05, 0.1) is 6.54 Å². The average Bonchev–Trinajstić information content (AvgIpc) is 2.83. The van der Waals surface area contributed by atoms with Gasteiger partial charge in [0, 0.05) is 11.1 Å². The largest absolute Gasteiger partial charge is 0.328 e. The summed E-state index contributed by atoms with van der Waals surface area (Å²) in [5, 5.41) is 6.16. The van der Waals surface area contributed by atoms with Gasteiger partial charge in [-0.05, 0) is 31.5 Å². The third-order valence-electron chi connectivity index (χ3n) is 2.65. The Kier molecular flexibility index (Phi) is 4.13. The summed E-state index contributed by atoms with van der Waals surface area (Å²) < 4.78 is 4.85. The van der Waals surface area contributed by atoms with Crippen LogP contribution in [0.5, 0.6) is 0 Å². The van der Waals surface area contributed by atoms with E-state index >= 15 is 0 Å². The van der Waals surface area contributed by atoms with Crippen molar-refractivity contribution >= 4 is 11.9 Å². The van der Waals surface area contributed by atoms with E-state index in [0.29, 0.717) is 11.4 Å². The monoisotopic (exact) mass is 270 g/mol. The Morgan fingerprint density at radius 1 is 1.45 bits per heavy atom. The molecule has 1 amide bonds. The molecule has 2 aromatic rings. The first kappa shape index (κ1) is 13.8. The Morgan fingerprint density at radius 2 is 2.25 bits per heavy atom. The number of aromatic nitrogens is 2. The summed E-state index contributed by atoms with van der Waals surface area (Å²) in [6.07, 6.45) is 0. The maximum absolute atomic E-state index is 12.2. The van der Waals surface area contributed by atoms with Crippen LogP contribution in [0.4, 0.5) is 6.01 Å². The molecule has 0 radical (unpaired) electrons. The number of nitrogens with one attached hydrogen (secondary N) is 1. The second kappa shape index (κ2) is 5.99. The van der Waals surface area contributed by atoms with E-state index in [-0.39, 0.29) is 18.5 Å². The third kappa shape index (κ3) is 3.02. The first-order chi connectivity index (χ1) is 9.61. The van der Waals surface area contributed by atoms with Crippen LogP contribution >= 0.6 is 0 Å². The Balaban J connectivity index is 2.26. The fourth-order valence-electron chi connectivity index (χ4n) is 1.68. The number of hydrogen-bond acceptors (Lipinski definition) is 5. The standard InChI is InChI=1S/C14H14N4O2/c1-9-11(6-4-8-15)5-3-7-12(9)13(19)17-14-16-10(2)18-20-14/h3,5,7H,8,15H2,1-2H3,(H,16,17,18,19). The first-order valence-electron chi connectivity index (χ1n) is 6.02. The molecule has 102 valence electrons. The number of anilines is 1. The van der Waals surface area contributed by atoms with Gasteiger partial charge in [-0.15, -0.1) is 0 Å². The number of benzene rings is 1. The van der Waals surface area contributed by atoms with Gasteiger partial charge in [0.15, 0.2) is 5.82 Å². The molecule has 0 aliphatic carbocycles. The number of nitrogens with two attached hydrogens (primary N) is 1. The number of amides is 1. The zero-order valence-electron chi connectivity index (χ0n) is 11.2. The first-order valence-corrected chi connectivity index (χ1v) is 6.02. The quantitative estimate of drug-likeness (QED) is 0.801. The predicted molar refractivity (Wildman–Crippen MR) is 74.1 cm³/mol. The minimum Gasteiger partial charge on any atom is -0.320 e. The van der Waals surface area contributed by atoms with Gasteiger partial charge in [0.2, 0.25) is 0 Å². The Labute approximate surface area is 116 Å². The van der Waals surface area contributed by atoms with Crippen molar-refractivity contribution in [1.29, 1.82) is 0 Å². The highest BCUT2D eigenvalue weighted by Crippen LogP contribution is 2.15. The van der Waals surface area contributed by atoms with Gasteiger partial charge in [-0.3, -0.25) is 10.1 Å². The van der Waals surface area contributed by atoms with E-state index in [9.17, 15) is 4.79 Å². The number of carbonyl (C=O) groups is 1. The smallest absolute Gasteiger partial charge is 0.320 e. The minimum absolute atomic E-state index is 0.0744. The fraction of sp³-hybridized carbons (Fsp3) is 0.214. The van der Waals surface area contributed by atoms with E-state index in [2.05, 4.69) is 27.3 Å². The second-order valence-electron chi connectivity index (χ2n) is 4.08. The molecule has 0 saturated heterocycles. The van der Waals surface area contributed by atoms with Crippen molar-refractivity contribution in [3.05, 3.63) is 40.7 Å². The highest BCUT2D eigenvalue weighted by atomic mass is 16.5. The maximum Gasteiger partial charge on any atom is 0.328 e. The summed E-state index contributed by atoms with van der Waals surface area (Å²) in [4.78, 5) is 16.1. The van der Waals surface area contributed by atoms with Gasteiger partial charge >= 0.3 is 6.01 Å². The number of hydrogen-bond donors (Lipinski definition) is 2. The van der Waals surface area contributed by atoms with E-state index in [4.69, 9.17) is 10.3 Å². The normalized spacial score (nSPS) is 9.75. The molecule has 1 aromatic carbocycles. The Hall–Kier alpha value is -2.65. The molecule has 0 atom stereocenters. The summed E-state index contributed by atoms with van der Waals surface area (Å²) in [5.41, 5.74) is 7.40. The summed E-state index contributed by atoms with van der Waals surface area (Å²) in [6.45, 7) is 3.78. The Bertz CT molecular complexity index is 695. The molecular weight excluding hydrogens is 256 g/mol. The lowest BCUT2D eigenvalue weighted by Gasteiger charge is -2.06. The maximum atomic E-state index is 12.2. The highest BCUT2D eigenvalue weighted by Gasteiger charge is 2.13. The number of rotatable bonds is 2. The van der Waals surface area contributed by atoms with Crippen LogP contribution in [0, 0.1) is 25.7 Å². The SMILES string of the molecule is Cc1noc(NC(=O)c2cccc(C#CCN)c2C)n1. The summed E-state index contributed by atoms with van der Waals surface area (Å²) in [5.74, 6) is 5.84. The van der Waals surface area contributed by atoms with Crippen LogP contribution in [-0.4, -0.2) is 22.6 Å². The predicted octanol–water partition coefficient (Wildman–Crippen LogP) is 1.25. The minimum atomic E-state index is -0.317. The van der Waals surface area contributed by atoms with Gasteiger partial charge in [-0.2, -0.15) is 4.98 Å². The number of carbonyl (C=O) groups excluding carboxylic acids is 1. The van der Waals surface area contributed by atoms with Crippen molar-refractivity contribution in [1.82, 2.24) is 10.1 Å². The molecule has 3 N–H and O–H groups in total. The Morgan fingerprint density at radius 3 is 2.90 bits per heavy atom. The molecule has 20 heavy (non-hydrogen) atoms. The van der Waals surface area contributed by atoms with Crippen LogP contribution in [0.15, 0.2) is 22.7 Å². The van der Waals surface area contributed by atoms with Crippen molar-refractivity contribution in [2.45, 2.75) is 13.8 Å². The number of nitrogens with zero attached hydrogens (tertiary/aromatic N) is 2. The molecule has 0 aliphatic rings. The molecule has 2 rings (SSSR count). The van der Waals surface area contributed by atoms with Gasteiger partial charge < -0.3 is 10.3 Å². The average molecular weight is 270 g/mol. The van der Waals surface area contributed by atoms with Crippen molar-refractivity contribution in [3.8, 4) is 11.8 Å². The van der Waals surface area contributed by atoms with Gasteiger partial charge in [0.1, 0.15) is 0 Å². The van der Waals surface area contributed by atoms with Crippen molar-refractivity contribution in [3.63, 3.8) is 0 Å². The van der Waals surface area contributed by atoms with Crippen LogP contribution in [0.1, 0.15) is 27.3 Å². The lowest BCUT2D eigenvalue weighted by Crippen LogP contribution is -2.14. The van der Waals surface area contributed by atoms with Gasteiger partial charge in [-0.25, -0.2) is 0 Å². The van der Waals surface area contributed by atoms with Crippen LogP contribution < -0.4 is 11.1 Å². The van der Waals surface area contributed by atoms with Crippen LogP contribution in [0.25, 0.3) is 0 Å². The van der Waals surface area contributed by atoms with E-state index < -0.39 is 0 Å². The lowest BCUT2D eigenvalue weighted by atomic mass is 10.0. The van der Waals surface area contributed by atoms with Crippen LogP contribution in [0.3, 0.4) is 0 Å². The van der Waals surface area contributed by atoms with E-state index in [0.717, 1.165) is 11.1 Å². The highest BCUT2D eigenvalue weighted by molar-refractivity contribution is 6.04. The topological polar surface area (TPSA) is 94.0 Å². The van der Waals surface area contributed by atoms with Crippen molar-refractivity contribution < 1.29 is 9.32 Å². The van der Waals surface area contributed by atoms with E-state index in [1.165, 1.54) is 0 Å². The van der Waals surface area contributed by atoms with E-state index in [1.807, 2.05) is 13.0 Å². The van der Waals surface area contributed by atoms with Gasteiger partial charge in [-0.1, -0.05) is 23.1 Å². The molecule has 6 nitrogen and oxygen atoms in total. The molecular formula is C14H14N4O2. The fourth-order valence-corrected chi connectivity index (χ4v) is 1.68. The molecule has 1 aromatic heterocycles. The zero-order chi connectivity index (χ0) is 14.5. The number of aryl methyl sites for hydroxylation is 1. The zero-order valence-corrected chi connectivity index (χ0v) is 11.2. The van der Waals surface area contributed by atoms with Gasteiger partial charge in [0.25, 0.3) is 5.91 Å². The second-order valence-corrected chi connectivity index (χ2v) is 4.08. The van der Waals surface area contributed by atoms with E-state index in [1.54, 1.807) is 19.1 Å². The van der Waals surface area contributed by atoms with Crippen LogP contribution in [-0.2, 0) is 0 Å². The molecule has 0 unspecified atom stereocenters. The summed E-state index contributed by atoms with van der Waals surface area (Å²) in [6, 6.07) is 5.39. The summed E-state index contributed by atoms with van der Waals surface area (Å²) >= 11 is 0. The molecule has 0 fully saturated rings. The third-order valence-corrected chi connectivity index (χ3v) is 2.65. The molecule has 0 aliphatic heterocycles. The molecule has 1 heterocycles. The summed E-state index contributed by atoms with van der Waals surface area (Å²) in [7, 11) is 0. The molecule has 6 heteroatoms. The van der Waals surface area contributed by atoms with Crippen molar-refractivity contribution in [2.24, 2.45) is 5.73 Å². The molecule has 0 bridgehead atoms. The molecule has 0 spiro atoms.